The molecule has 3 nitrogen and oxygen atoms in total. The molecule has 4 heteroatoms. The molecule has 0 aliphatic carbocycles. The van der Waals surface area contributed by atoms with E-state index in [1.165, 1.54) is 0 Å². The molecule has 0 aliphatic heterocycles. The van der Waals surface area contributed by atoms with E-state index in [1.54, 1.807) is 24.3 Å². The van der Waals surface area contributed by atoms with Crippen LogP contribution >= 0.6 is 0 Å². The Labute approximate surface area is 94.4 Å². The molecule has 80 valence electrons. The average molecular weight is 214 g/mol. The first-order valence-electron chi connectivity index (χ1n) is 4.96. The van der Waals surface area contributed by atoms with Crippen LogP contribution in [0.3, 0.4) is 0 Å². The largest absolute Gasteiger partial charge is 0.785 e. The molecule has 2 aromatic carbocycles. The fourth-order valence-corrected chi connectivity index (χ4v) is 1.26. The molecule has 0 saturated heterocycles. The smallest absolute Gasteiger partial charge is 0.501 e. The van der Waals surface area contributed by atoms with Crippen LogP contribution in [-0.4, -0.2) is 12.3 Å². The molecule has 0 bridgehead atoms. The van der Waals surface area contributed by atoms with Crippen LogP contribution in [0, 0.1) is 0 Å². The maximum absolute atomic E-state index is 9.51. The van der Waals surface area contributed by atoms with Crippen molar-refractivity contribution in [2.24, 2.45) is 0 Å². The Morgan fingerprint density at radius 3 is 1.44 bits per heavy atom. The summed E-state index contributed by atoms with van der Waals surface area (Å²) in [7, 11) is -1.30. The summed E-state index contributed by atoms with van der Waals surface area (Å²) in [6.45, 7) is 0. The molecule has 0 heterocycles. The molecule has 16 heavy (non-hydrogen) atoms. The van der Waals surface area contributed by atoms with E-state index in [1.807, 2.05) is 36.4 Å². The van der Waals surface area contributed by atoms with Gasteiger partial charge >= 0.3 is 7.32 Å². The molecular formula is C12H11BO3. The van der Waals surface area contributed by atoms with Gasteiger partial charge in [-0.2, -0.15) is 0 Å². The lowest BCUT2D eigenvalue weighted by Gasteiger charge is -2.10. The van der Waals surface area contributed by atoms with Crippen molar-refractivity contribution in [1.29, 1.82) is 0 Å². The van der Waals surface area contributed by atoms with Gasteiger partial charge in [0.1, 0.15) is 11.5 Å². The van der Waals surface area contributed by atoms with Crippen molar-refractivity contribution in [3.8, 4) is 11.5 Å². The minimum Gasteiger partial charge on any atom is -0.501 e. The number of rotatable bonds is 4. The Morgan fingerprint density at radius 2 is 1.06 bits per heavy atom. The summed E-state index contributed by atoms with van der Waals surface area (Å²) in [4.78, 5) is 0. The number of benzene rings is 2. The molecule has 0 aromatic heterocycles. The highest BCUT2D eigenvalue weighted by molar-refractivity contribution is 6.36. The summed E-state index contributed by atoms with van der Waals surface area (Å²) in [5, 5.41) is 9.51. The minimum absolute atomic E-state index is 0.561. The van der Waals surface area contributed by atoms with Gasteiger partial charge in [0, 0.05) is 0 Å². The van der Waals surface area contributed by atoms with Crippen LogP contribution < -0.4 is 9.31 Å². The molecule has 0 atom stereocenters. The van der Waals surface area contributed by atoms with Crippen LogP contribution in [0.5, 0.6) is 11.5 Å². The molecule has 0 saturated carbocycles. The molecule has 0 radical (unpaired) electrons. The first-order valence-corrected chi connectivity index (χ1v) is 4.96. The van der Waals surface area contributed by atoms with Gasteiger partial charge in [-0.25, -0.2) is 0 Å². The average Bonchev–Trinajstić information content (AvgIpc) is 2.31. The molecule has 0 aliphatic rings. The van der Waals surface area contributed by atoms with Gasteiger partial charge in [0.05, 0.1) is 0 Å². The summed E-state index contributed by atoms with van der Waals surface area (Å²) in [5.41, 5.74) is 0. The summed E-state index contributed by atoms with van der Waals surface area (Å²) < 4.78 is 10.3. The second-order valence-corrected chi connectivity index (χ2v) is 3.17. The monoisotopic (exact) mass is 214 g/mol. The molecular weight excluding hydrogens is 203 g/mol. The van der Waals surface area contributed by atoms with Crippen molar-refractivity contribution in [3.05, 3.63) is 60.7 Å². The molecule has 2 rings (SSSR count). The Balaban J connectivity index is 1.92. The predicted molar refractivity (Wildman–Crippen MR) is 62.1 cm³/mol. The van der Waals surface area contributed by atoms with Gasteiger partial charge in [0.15, 0.2) is 0 Å². The zero-order valence-electron chi connectivity index (χ0n) is 8.61. The zero-order chi connectivity index (χ0) is 11.2. The van der Waals surface area contributed by atoms with Gasteiger partial charge in [0.25, 0.3) is 0 Å². The highest BCUT2D eigenvalue weighted by atomic mass is 16.7. The van der Waals surface area contributed by atoms with Gasteiger partial charge in [-0.15, -0.1) is 0 Å². The number of hydrogen-bond donors (Lipinski definition) is 1. The second-order valence-electron chi connectivity index (χ2n) is 3.17. The molecule has 0 spiro atoms. The normalized spacial score (nSPS) is 9.56. The number of para-hydroxylation sites is 2. The van der Waals surface area contributed by atoms with E-state index in [0.717, 1.165) is 0 Å². The molecule has 0 fully saturated rings. The quantitative estimate of drug-likeness (QED) is 0.792. The van der Waals surface area contributed by atoms with Crippen molar-refractivity contribution in [3.63, 3.8) is 0 Å². The van der Waals surface area contributed by atoms with Crippen LogP contribution in [0.1, 0.15) is 0 Å². The maximum atomic E-state index is 9.51. The highest BCUT2D eigenvalue weighted by Crippen LogP contribution is 2.12. The van der Waals surface area contributed by atoms with E-state index in [9.17, 15) is 5.02 Å². The van der Waals surface area contributed by atoms with Crippen LogP contribution in [-0.2, 0) is 0 Å². The van der Waals surface area contributed by atoms with Crippen LogP contribution in [0.15, 0.2) is 60.7 Å². The molecule has 0 unspecified atom stereocenters. The third-order valence-corrected chi connectivity index (χ3v) is 1.96. The van der Waals surface area contributed by atoms with Gasteiger partial charge in [-0.3, -0.25) is 0 Å². The Bertz CT molecular complexity index is 377. The number of hydrogen-bond acceptors (Lipinski definition) is 3. The highest BCUT2D eigenvalue weighted by Gasteiger charge is 2.20. The predicted octanol–water partition coefficient (Wildman–Crippen LogP) is 2.12. The third kappa shape index (κ3) is 3.03. The molecule has 0 amide bonds. The lowest BCUT2D eigenvalue weighted by Crippen LogP contribution is -2.29. The van der Waals surface area contributed by atoms with Crippen LogP contribution in [0.25, 0.3) is 0 Å². The van der Waals surface area contributed by atoms with Crippen molar-refractivity contribution in [2.45, 2.75) is 0 Å². The lowest BCUT2D eigenvalue weighted by molar-refractivity contribution is 0.298. The second kappa shape index (κ2) is 5.23. The van der Waals surface area contributed by atoms with Crippen molar-refractivity contribution in [2.75, 3.05) is 0 Å². The van der Waals surface area contributed by atoms with Crippen LogP contribution in [0.2, 0.25) is 0 Å². The SMILES string of the molecule is OB(Oc1ccccc1)Oc1ccccc1. The topological polar surface area (TPSA) is 38.7 Å². The van der Waals surface area contributed by atoms with E-state index in [2.05, 4.69) is 0 Å². The molecule has 1 N–H and O–H groups in total. The summed E-state index contributed by atoms with van der Waals surface area (Å²) >= 11 is 0. The lowest BCUT2D eigenvalue weighted by atomic mass is 10.2. The van der Waals surface area contributed by atoms with Crippen molar-refractivity contribution in [1.82, 2.24) is 0 Å². The minimum atomic E-state index is -1.30. The summed E-state index contributed by atoms with van der Waals surface area (Å²) in [6.07, 6.45) is 0. The van der Waals surface area contributed by atoms with Gasteiger partial charge in [-0.05, 0) is 24.3 Å². The van der Waals surface area contributed by atoms with E-state index in [4.69, 9.17) is 9.31 Å². The standard InChI is InChI=1S/C12H11BO3/c14-13(15-11-7-3-1-4-8-11)16-12-9-5-2-6-10-12/h1-10,14H. The van der Waals surface area contributed by atoms with E-state index < -0.39 is 7.32 Å². The fraction of sp³-hybridized carbons (Fsp3) is 0. The van der Waals surface area contributed by atoms with Crippen molar-refractivity contribution < 1.29 is 14.3 Å². The van der Waals surface area contributed by atoms with Crippen LogP contribution in [0.4, 0.5) is 0 Å². The zero-order valence-corrected chi connectivity index (χ0v) is 8.61. The first-order chi connectivity index (χ1) is 7.84. The third-order valence-electron chi connectivity index (χ3n) is 1.96. The summed E-state index contributed by atoms with van der Waals surface area (Å²) in [5.74, 6) is 1.12. The Morgan fingerprint density at radius 1 is 0.688 bits per heavy atom. The Hall–Kier alpha value is -1.94. The van der Waals surface area contributed by atoms with E-state index in [-0.39, 0.29) is 0 Å². The summed E-state index contributed by atoms with van der Waals surface area (Å²) in [6, 6.07) is 18.0. The molecule has 2 aromatic rings. The van der Waals surface area contributed by atoms with Crippen molar-refractivity contribution >= 4 is 7.32 Å². The van der Waals surface area contributed by atoms with E-state index in [0.29, 0.717) is 11.5 Å². The first kappa shape index (κ1) is 10.6. The van der Waals surface area contributed by atoms with E-state index >= 15 is 0 Å². The van der Waals surface area contributed by atoms with Gasteiger partial charge in [0.2, 0.25) is 0 Å². The maximum Gasteiger partial charge on any atom is 0.785 e. The van der Waals surface area contributed by atoms with Gasteiger partial charge in [-0.1, -0.05) is 36.4 Å². The Kier molecular flexibility index (Phi) is 3.46. The van der Waals surface area contributed by atoms with Gasteiger partial charge < -0.3 is 14.3 Å². The fourth-order valence-electron chi connectivity index (χ4n) is 1.26.